The Kier molecular flexibility index (Phi) is 4.14. The summed E-state index contributed by atoms with van der Waals surface area (Å²) in [6.07, 6.45) is 2.05. The number of carbonyl (C=O) groups is 1. The van der Waals surface area contributed by atoms with E-state index in [0.29, 0.717) is 5.56 Å². The van der Waals surface area contributed by atoms with Crippen LogP contribution in [-0.4, -0.2) is 19.6 Å². The highest BCUT2D eigenvalue weighted by molar-refractivity contribution is 14.1. The fourth-order valence-electron chi connectivity index (χ4n) is 2.70. The molecule has 3 nitrogen and oxygen atoms in total. The summed E-state index contributed by atoms with van der Waals surface area (Å²) in [6.45, 7) is 0.776. The molecule has 0 unspecified atom stereocenters. The first kappa shape index (κ1) is 14.4. The molecule has 0 atom stereocenters. The van der Waals surface area contributed by atoms with Crippen molar-refractivity contribution < 1.29 is 9.53 Å². The highest BCUT2D eigenvalue weighted by atomic mass is 127. The molecule has 1 aliphatic rings. The Labute approximate surface area is 138 Å². The van der Waals surface area contributed by atoms with E-state index in [2.05, 4.69) is 28.7 Å². The molecule has 0 bridgehead atoms. The van der Waals surface area contributed by atoms with Crippen LogP contribution in [-0.2, 0) is 6.42 Å². The van der Waals surface area contributed by atoms with E-state index in [4.69, 9.17) is 4.74 Å². The van der Waals surface area contributed by atoms with Crippen LogP contribution < -0.4 is 9.64 Å². The van der Waals surface area contributed by atoms with E-state index in [0.717, 1.165) is 34.4 Å². The van der Waals surface area contributed by atoms with E-state index >= 15 is 0 Å². The third kappa shape index (κ3) is 2.77. The average molecular weight is 393 g/mol. The molecule has 0 fully saturated rings. The molecule has 21 heavy (non-hydrogen) atoms. The van der Waals surface area contributed by atoms with Gasteiger partial charge in [-0.3, -0.25) is 4.79 Å². The van der Waals surface area contributed by atoms with Crippen LogP contribution >= 0.6 is 22.6 Å². The molecule has 108 valence electrons. The fourth-order valence-corrected chi connectivity index (χ4v) is 3.44. The first-order valence-electron chi connectivity index (χ1n) is 6.94. The van der Waals surface area contributed by atoms with Gasteiger partial charge in [0.25, 0.3) is 5.91 Å². The molecule has 0 aromatic heterocycles. The highest BCUT2D eigenvalue weighted by Gasteiger charge is 2.23. The van der Waals surface area contributed by atoms with Gasteiger partial charge in [0.15, 0.2) is 0 Å². The molecule has 4 heteroatoms. The number of halogens is 1. The zero-order valence-electron chi connectivity index (χ0n) is 11.8. The van der Waals surface area contributed by atoms with Crippen LogP contribution in [0.2, 0.25) is 0 Å². The maximum atomic E-state index is 12.8. The summed E-state index contributed by atoms with van der Waals surface area (Å²) in [6, 6.07) is 13.7. The molecule has 0 saturated carbocycles. The van der Waals surface area contributed by atoms with E-state index in [1.165, 1.54) is 5.56 Å². The second kappa shape index (κ2) is 6.05. The van der Waals surface area contributed by atoms with Crippen LogP contribution in [0.3, 0.4) is 0 Å². The van der Waals surface area contributed by atoms with Gasteiger partial charge in [-0.15, -0.1) is 0 Å². The maximum absolute atomic E-state index is 12.8. The summed E-state index contributed by atoms with van der Waals surface area (Å²) in [4.78, 5) is 14.7. The lowest BCUT2D eigenvalue weighted by Crippen LogP contribution is -2.35. The Morgan fingerprint density at radius 2 is 2.05 bits per heavy atom. The first-order valence-corrected chi connectivity index (χ1v) is 8.02. The van der Waals surface area contributed by atoms with Crippen molar-refractivity contribution >= 4 is 34.2 Å². The Hall–Kier alpha value is -1.56. The summed E-state index contributed by atoms with van der Waals surface area (Å²) >= 11 is 2.19. The van der Waals surface area contributed by atoms with Crippen molar-refractivity contribution in [3.05, 3.63) is 57.2 Å². The van der Waals surface area contributed by atoms with Crippen LogP contribution in [0, 0.1) is 3.57 Å². The molecule has 2 aromatic carbocycles. The normalized spacial score (nSPS) is 13.7. The number of fused-ring (bicyclic) bond motifs is 1. The van der Waals surface area contributed by atoms with Crippen molar-refractivity contribution in [2.75, 3.05) is 18.6 Å². The minimum absolute atomic E-state index is 0.0581. The Morgan fingerprint density at radius 3 is 2.81 bits per heavy atom. The summed E-state index contributed by atoms with van der Waals surface area (Å²) in [5, 5.41) is 0. The zero-order valence-corrected chi connectivity index (χ0v) is 14.0. The van der Waals surface area contributed by atoms with E-state index in [1.54, 1.807) is 7.11 Å². The van der Waals surface area contributed by atoms with Gasteiger partial charge in [-0.05, 0) is 65.3 Å². The molecule has 1 heterocycles. The number of nitrogens with zero attached hydrogens (tertiary/aromatic N) is 1. The van der Waals surface area contributed by atoms with Crippen molar-refractivity contribution in [2.45, 2.75) is 12.8 Å². The molecule has 0 aliphatic carbocycles. The molecule has 0 spiro atoms. The smallest absolute Gasteiger partial charge is 0.258 e. The number of ether oxygens (including phenoxy) is 1. The van der Waals surface area contributed by atoms with Crippen molar-refractivity contribution in [3.8, 4) is 5.75 Å². The van der Waals surface area contributed by atoms with Gasteiger partial charge in [0.1, 0.15) is 5.75 Å². The molecule has 3 rings (SSSR count). The van der Waals surface area contributed by atoms with Gasteiger partial charge < -0.3 is 9.64 Å². The number of aryl methyl sites for hydroxylation is 1. The van der Waals surface area contributed by atoms with Gasteiger partial charge in [0, 0.05) is 17.8 Å². The lowest BCUT2D eigenvalue weighted by molar-refractivity contribution is 0.0985. The van der Waals surface area contributed by atoms with E-state index in [9.17, 15) is 4.79 Å². The maximum Gasteiger partial charge on any atom is 0.258 e. The Bertz CT molecular complexity index is 684. The summed E-state index contributed by atoms with van der Waals surface area (Å²) < 4.78 is 6.20. The lowest BCUT2D eigenvalue weighted by atomic mass is 10.0. The zero-order chi connectivity index (χ0) is 14.8. The fraction of sp³-hybridized carbons (Fsp3) is 0.235. The molecular formula is C17H16INO2. The number of methoxy groups -OCH3 is 1. The molecule has 1 aliphatic heterocycles. The van der Waals surface area contributed by atoms with Gasteiger partial charge >= 0.3 is 0 Å². The van der Waals surface area contributed by atoms with Crippen molar-refractivity contribution in [3.63, 3.8) is 0 Å². The third-order valence-corrected chi connectivity index (χ3v) is 4.60. The van der Waals surface area contributed by atoms with Crippen LogP contribution in [0.15, 0.2) is 42.5 Å². The molecular weight excluding hydrogens is 377 g/mol. The first-order chi connectivity index (χ1) is 10.2. The monoisotopic (exact) mass is 393 g/mol. The van der Waals surface area contributed by atoms with Gasteiger partial charge in [0.05, 0.1) is 10.7 Å². The second-order valence-corrected chi connectivity index (χ2v) is 6.20. The molecule has 0 radical (unpaired) electrons. The van der Waals surface area contributed by atoms with Gasteiger partial charge in [0.2, 0.25) is 0 Å². The quantitative estimate of drug-likeness (QED) is 0.725. The number of rotatable bonds is 2. The number of anilines is 1. The van der Waals surface area contributed by atoms with Crippen molar-refractivity contribution in [2.24, 2.45) is 0 Å². The Balaban J connectivity index is 1.95. The number of amides is 1. The van der Waals surface area contributed by atoms with Crippen LogP contribution in [0.5, 0.6) is 5.75 Å². The number of para-hydroxylation sites is 1. The predicted octanol–water partition coefficient (Wildman–Crippen LogP) is 3.89. The number of carbonyl (C=O) groups excluding carboxylic acids is 1. The molecule has 0 saturated heterocycles. The highest BCUT2D eigenvalue weighted by Crippen LogP contribution is 2.29. The minimum Gasteiger partial charge on any atom is -0.496 e. The van der Waals surface area contributed by atoms with Crippen LogP contribution in [0.1, 0.15) is 22.3 Å². The SMILES string of the molecule is COc1ccc(C(=O)N2CCCc3ccccc32)cc1I. The molecule has 0 N–H and O–H groups in total. The van der Waals surface area contributed by atoms with Crippen molar-refractivity contribution in [1.29, 1.82) is 0 Å². The van der Waals surface area contributed by atoms with Gasteiger partial charge in [-0.1, -0.05) is 18.2 Å². The van der Waals surface area contributed by atoms with E-state index in [-0.39, 0.29) is 5.91 Å². The lowest BCUT2D eigenvalue weighted by Gasteiger charge is -2.29. The van der Waals surface area contributed by atoms with E-state index < -0.39 is 0 Å². The summed E-state index contributed by atoms with van der Waals surface area (Å²) in [5.74, 6) is 0.855. The number of hydrogen-bond acceptors (Lipinski definition) is 2. The number of hydrogen-bond donors (Lipinski definition) is 0. The summed E-state index contributed by atoms with van der Waals surface area (Å²) in [7, 11) is 1.64. The van der Waals surface area contributed by atoms with Crippen LogP contribution in [0.25, 0.3) is 0 Å². The van der Waals surface area contributed by atoms with Crippen molar-refractivity contribution in [1.82, 2.24) is 0 Å². The van der Waals surface area contributed by atoms with E-state index in [1.807, 2.05) is 41.3 Å². The number of benzene rings is 2. The Morgan fingerprint density at radius 1 is 1.24 bits per heavy atom. The van der Waals surface area contributed by atoms with Crippen LogP contribution in [0.4, 0.5) is 5.69 Å². The van der Waals surface area contributed by atoms with Gasteiger partial charge in [-0.25, -0.2) is 0 Å². The summed E-state index contributed by atoms with van der Waals surface area (Å²) in [5.41, 5.74) is 3.00. The largest absolute Gasteiger partial charge is 0.496 e. The van der Waals surface area contributed by atoms with Gasteiger partial charge in [-0.2, -0.15) is 0 Å². The molecule has 1 amide bonds. The minimum atomic E-state index is 0.0581. The second-order valence-electron chi connectivity index (χ2n) is 5.04. The standard InChI is InChI=1S/C17H16INO2/c1-21-16-9-8-13(11-14(16)18)17(20)19-10-4-6-12-5-2-3-7-15(12)19/h2-3,5,7-9,11H,4,6,10H2,1H3. The average Bonchev–Trinajstić information content (AvgIpc) is 2.53. The molecule has 2 aromatic rings. The third-order valence-electron chi connectivity index (χ3n) is 3.75. The topological polar surface area (TPSA) is 29.5 Å². The predicted molar refractivity (Wildman–Crippen MR) is 92.2 cm³/mol.